The summed E-state index contributed by atoms with van der Waals surface area (Å²) in [5, 5.41) is 3.16. The highest BCUT2D eigenvalue weighted by Crippen LogP contribution is 2.36. The van der Waals surface area contributed by atoms with Crippen LogP contribution in [0, 0.1) is 6.20 Å². The molecule has 0 bridgehead atoms. The highest BCUT2D eigenvalue weighted by atomic mass is 32.1. The fourth-order valence-electron chi connectivity index (χ4n) is 2.37. The molecule has 2 aromatic heterocycles. The van der Waals surface area contributed by atoms with Gasteiger partial charge in [-0.1, -0.05) is 32.0 Å². The zero-order valence-electron chi connectivity index (χ0n) is 12.6. The largest absolute Gasteiger partial charge is 0.393 e. The molecule has 3 rings (SSSR count). The summed E-state index contributed by atoms with van der Waals surface area (Å²) in [6.45, 7) is 4.01. The smallest absolute Gasteiger partial charge is 0.246 e. The second-order valence-electron chi connectivity index (χ2n) is 5.62. The van der Waals surface area contributed by atoms with Crippen molar-refractivity contribution < 1.29 is 13.2 Å². The van der Waals surface area contributed by atoms with Gasteiger partial charge in [0.2, 0.25) is 0 Å². The lowest BCUT2D eigenvalue weighted by molar-refractivity contribution is -0.127. The number of hydrogen-bond donors (Lipinski definition) is 0. The number of nitrogens with zero attached hydrogens (tertiary/aromatic N) is 2. The predicted molar refractivity (Wildman–Crippen MR) is 85.5 cm³/mol. The summed E-state index contributed by atoms with van der Waals surface area (Å²) < 4.78 is 38.7. The highest BCUT2D eigenvalue weighted by molar-refractivity contribution is 7.13. The van der Waals surface area contributed by atoms with Crippen molar-refractivity contribution in [3.05, 3.63) is 47.1 Å². The molecule has 0 N–H and O–H groups in total. The molecule has 3 aromatic rings. The molecule has 0 fully saturated rings. The van der Waals surface area contributed by atoms with Crippen LogP contribution in [0.4, 0.5) is 13.2 Å². The quantitative estimate of drug-likeness (QED) is 0.641. The molecule has 0 aliphatic rings. The molecule has 0 unspecified atom stereocenters. The van der Waals surface area contributed by atoms with Gasteiger partial charge in [-0.15, -0.1) is 11.3 Å². The number of para-hydroxylation sites is 1. The number of hydrogen-bond acceptors (Lipinski definition) is 3. The summed E-state index contributed by atoms with van der Waals surface area (Å²) >= 11 is 1.36. The van der Waals surface area contributed by atoms with Crippen LogP contribution in [0.3, 0.4) is 0 Å². The van der Waals surface area contributed by atoms with Gasteiger partial charge in [0.15, 0.2) is 0 Å². The minimum Gasteiger partial charge on any atom is -0.246 e. The molecule has 1 aromatic carbocycles. The second-order valence-corrected chi connectivity index (χ2v) is 6.48. The lowest BCUT2D eigenvalue weighted by atomic mass is 10.0. The third-order valence-corrected chi connectivity index (χ3v) is 4.37. The van der Waals surface area contributed by atoms with E-state index in [1.807, 2.05) is 19.2 Å². The van der Waals surface area contributed by atoms with Crippen LogP contribution in [-0.4, -0.2) is 16.1 Å². The standard InChI is InChI=1S/C17H14F3N2S/c1-10(2)14-9-23-16(22-14)15-11(7-17(18,19)20)8-21-13-6-4-3-5-12(13)15/h3-6,9-10H,7H2,1-2H3. The molecule has 0 aliphatic heterocycles. The van der Waals surface area contributed by atoms with E-state index in [0.29, 0.717) is 21.5 Å². The zero-order chi connectivity index (χ0) is 16.6. The molecule has 0 atom stereocenters. The van der Waals surface area contributed by atoms with Crippen molar-refractivity contribution in [1.82, 2.24) is 9.97 Å². The van der Waals surface area contributed by atoms with Crippen LogP contribution in [0.15, 0.2) is 29.6 Å². The molecule has 6 heteroatoms. The molecule has 119 valence electrons. The molecule has 23 heavy (non-hydrogen) atoms. The van der Waals surface area contributed by atoms with E-state index in [-0.39, 0.29) is 11.5 Å². The fourth-order valence-corrected chi connectivity index (χ4v) is 3.43. The van der Waals surface area contributed by atoms with Gasteiger partial charge in [-0.3, -0.25) is 0 Å². The first-order valence-corrected chi connectivity index (χ1v) is 8.05. The average molecular weight is 335 g/mol. The van der Waals surface area contributed by atoms with E-state index in [4.69, 9.17) is 0 Å². The van der Waals surface area contributed by atoms with Gasteiger partial charge in [0.1, 0.15) is 5.01 Å². The minimum atomic E-state index is -4.31. The van der Waals surface area contributed by atoms with Crippen LogP contribution in [0.1, 0.15) is 31.0 Å². The molecule has 0 spiro atoms. The first-order valence-electron chi connectivity index (χ1n) is 7.17. The number of aromatic nitrogens is 2. The Bertz CT molecular complexity index is 837. The van der Waals surface area contributed by atoms with Gasteiger partial charge in [-0.25, -0.2) is 9.97 Å². The number of alkyl halides is 3. The lowest BCUT2D eigenvalue weighted by Gasteiger charge is -2.12. The number of rotatable bonds is 3. The Kier molecular flexibility index (Phi) is 4.10. The first-order chi connectivity index (χ1) is 10.8. The third kappa shape index (κ3) is 3.37. The SMILES string of the molecule is CC(C)c1csc(-c2c(CC(F)(F)F)[c]nc3ccccc23)n1. The molecule has 0 saturated carbocycles. The van der Waals surface area contributed by atoms with Gasteiger partial charge in [0.05, 0.1) is 23.8 Å². The van der Waals surface area contributed by atoms with Crippen molar-refractivity contribution in [1.29, 1.82) is 0 Å². The summed E-state index contributed by atoms with van der Waals surface area (Å²) in [7, 11) is 0. The number of thiazole rings is 1. The molecule has 0 saturated heterocycles. The molecular formula is C17H14F3N2S. The Hall–Kier alpha value is -1.95. The van der Waals surface area contributed by atoms with Crippen molar-refractivity contribution in [2.75, 3.05) is 0 Å². The van der Waals surface area contributed by atoms with Crippen LogP contribution in [0.5, 0.6) is 0 Å². The summed E-state index contributed by atoms with van der Waals surface area (Å²) in [4.78, 5) is 8.57. The van der Waals surface area contributed by atoms with E-state index in [1.165, 1.54) is 11.3 Å². The van der Waals surface area contributed by atoms with Gasteiger partial charge in [0, 0.05) is 16.3 Å². The Morgan fingerprint density at radius 2 is 1.96 bits per heavy atom. The summed E-state index contributed by atoms with van der Waals surface area (Å²) in [5.41, 5.74) is 2.03. The van der Waals surface area contributed by atoms with Gasteiger partial charge in [0.25, 0.3) is 0 Å². The normalized spacial score (nSPS) is 12.3. The van der Waals surface area contributed by atoms with Crippen molar-refractivity contribution in [2.45, 2.75) is 32.4 Å². The van der Waals surface area contributed by atoms with E-state index in [2.05, 4.69) is 16.2 Å². The fraction of sp³-hybridized carbons (Fsp3) is 0.294. The van der Waals surface area contributed by atoms with Crippen LogP contribution < -0.4 is 0 Å². The molecule has 0 aliphatic carbocycles. The number of halogens is 3. The first kappa shape index (κ1) is 15.9. The second kappa shape index (κ2) is 5.92. The lowest BCUT2D eigenvalue weighted by Crippen LogP contribution is -2.13. The van der Waals surface area contributed by atoms with E-state index in [0.717, 1.165) is 5.69 Å². The van der Waals surface area contributed by atoms with Gasteiger partial charge in [-0.2, -0.15) is 13.2 Å². The summed E-state index contributed by atoms with van der Waals surface area (Å²) in [6, 6.07) is 7.14. The maximum absolute atomic E-state index is 12.9. The molecule has 2 nitrogen and oxygen atoms in total. The van der Waals surface area contributed by atoms with Gasteiger partial charge >= 0.3 is 6.18 Å². The predicted octanol–water partition coefficient (Wildman–Crippen LogP) is 5.39. The number of pyridine rings is 1. The van der Waals surface area contributed by atoms with E-state index in [9.17, 15) is 13.2 Å². The van der Waals surface area contributed by atoms with Crippen molar-refractivity contribution >= 4 is 22.2 Å². The monoisotopic (exact) mass is 335 g/mol. The topological polar surface area (TPSA) is 25.8 Å². The zero-order valence-corrected chi connectivity index (χ0v) is 13.4. The minimum absolute atomic E-state index is 0.0425. The van der Waals surface area contributed by atoms with Crippen LogP contribution in [0.25, 0.3) is 21.5 Å². The van der Waals surface area contributed by atoms with Crippen molar-refractivity contribution in [3.63, 3.8) is 0 Å². The van der Waals surface area contributed by atoms with Crippen LogP contribution >= 0.6 is 11.3 Å². The van der Waals surface area contributed by atoms with Gasteiger partial charge < -0.3 is 0 Å². The van der Waals surface area contributed by atoms with Gasteiger partial charge in [-0.05, 0) is 17.5 Å². The van der Waals surface area contributed by atoms with Crippen LogP contribution in [-0.2, 0) is 6.42 Å². The van der Waals surface area contributed by atoms with Crippen molar-refractivity contribution in [2.24, 2.45) is 0 Å². The molecule has 0 amide bonds. The Balaban J connectivity index is 2.23. The average Bonchev–Trinajstić information content (AvgIpc) is 2.95. The Morgan fingerprint density at radius 1 is 1.22 bits per heavy atom. The third-order valence-electron chi connectivity index (χ3n) is 3.49. The summed E-state index contributed by atoms with van der Waals surface area (Å²) in [6.07, 6.45) is -2.80. The molecular weight excluding hydrogens is 321 g/mol. The highest BCUT2D eigenvalue weighted by Gasteiger charge is 2.30. The van der Waals surface area contributed by atoms with E-state index >= 15 is 0 Å². The Labute approximate surface area is 136 Å². The molecule has 2 heterocycles. The van der Waals surface area contributed by atoms with Crippen molar-refractivity contribution in [3.8, 4) is 10.6 Å². The van der Waals surface area contributed by atoms with Crippen LogP contribution in [0.2, 0.25) is 0 Å². The number of fused-ring (bicyclic) bond motifs is 1. The maximum atomic E-state index is 12.9. The maximum Gasteiger partial charge on any atom is 0.393 e. The Morgan fingerprint density at radius 3 is 2.61 bits per heavy atom. The number of benzene rings is 1. The van der Waals surface area contributed by atoms with E-state index in [1.54, 1.807) is 24.3 Å². The molecule has 1 radical (unpaired) electrons. The van der Waals surface area contributed by atoms with E-state index < -0.39 is 12.6 Å². The summed E-state index contributed by atoms with van der Waals surface area (Å²) in [5.74, 6) is 0.225.